The monoisotopic (exact) mass is 314 g/mol. The molecule has 0 radical (unpaired) electrons. The third-order valence-electron chi connectivity index (χ3n) is 2.60. The molecule has 0 saturated carbocycles. The number of halogens is 1. The second-order valence-corrected chi connectivity index (χ2v) is 5.65. The molecule has 15 heavy (non-hydrogen) atoms. The van der Waals surface area contributed by atoms with E-state index in [9.17, 15) is 0 Å². The fourth-order valence-corrected chi connectivity index (χ4v) is 2.09. The molecule has 0 aromatic heterocycles. The summed E-state index contributed by atoms with van der Waals surface area (Å²) < 4.78 is 0.573. The van der Waals surface area contributed by atoms with Crippen molar-refractivity contribution in [1.29, 1.82) is 0 Å². The highest BCUT2D eigenvalue weighted by Crippen LogP contribution is 2.26. The van der Waals surface area contributed by atoms with Crippen molar-refractivity contribution in [2.45, 2.75) is 10.8 Å². The largest absolute Gasteiger partial charge is 0.282 e. The molecule has 80 valence electrons. The number of likely N-dealkylation sites (N-methyl/N-ethyl adjacent to an activating group) is 1. The Morgan fingerprint density at radius 1 is 1.27 bits per heavy atom. The van der Waals surface area contributed by atoms with Crippen LogP contribution in [0.3, 0.4) is 0 Å². The van der Waals surface area contributed by atoms with Gasteiger partial charge in [-0.1, -0.05) is 40.8 Å². The lowest BCUT2D eigenvalue weighted by molar-refractivity contribution is 0.397. The molecule has 1 atom stereocenters. The first kappa shape index (κ1) is 11.0. The summed E-state index contributed by atoms with van der Waals surface area (Å²) in [5, 5.41) is 4.35. The summed E-state index contributed by atoms with van der Waals surface area (Å²) in [5.41, 5.74) is 2.61. The summed E-state index contributed by atoms with van der Waals surface area (Å²) in [6, 6.07) is 8.76. The number of anilines is 1. The van der Waals surface area contributed by atoms with E-state index < -0.39 is 0 Å². The SMILES string of the molecule is C[C@@H](I)c1ccc(N2C=CCN2C)cc1. The highest BCUT2D eigenvalue weighted by Gasteiger charge is 2.13. The minimum absolute atomic E-state index is 0.573. The van der Waals surface area contributed by atoms with Crippen LogP contribution in [0, 0.1) is 0 Å². The maximum absolute atomic E-state index is 2.43. The van der Waals surface area contributed by atoms with E-state index in [-0.39, 0.29) is 0 Å². The Kier molecular flexibility index (Phi) is 3.31. The van der Waals surface area contributed by atoms with Crippen LogP contribution in [-0.4, -0.2) is 18.6 Å². The van der Waals surface area contributed by atoms with Crippen molar-refractivity contribution in [3.8, 4) is 0 Å². The number of hydrazine groups is 1. The van der Waals surface area contributed by atoms with Gasteiger partial charge in [0.2, 0.25) is 0 Å². The first-order chi connectivity index (χ1) is 7.18. The molecular formula is C12H15IN2. The first-order valence-corrected chi connectivity index (χ1v) is 6.34. The fourth-order valence-electron chi connectivity index (χ4n) is 1.68. The number of nitrogens with zero attached hydrogens (tertiary/aromatic N) is 2. The molecule has 1 aliphatic heterocycles. The highest BCUT2D eigenvalue weighted by molar-refractivity contribution is 14.1. The van der Waals surface area contributed by atoms with E-state index in [1.807, 2.05) is 0 Å². The van der Waals surface area contributed by atoms with Crippen LogP contribution in [0.15, 0.2) is 36.5 Å². The van der Waals surface area contributed by atoms with E-state index in [1.54, 1.807) is 0 Å². The van der Waals surface area contributed by atoms with Gasteiger partial charge in [0.1, 0.15) is 0 Å². The predicted molar refractivity (Wildman–Crippen MR) is 73.1 cm³/mol. The molecule has 0 fully saturated rings. The zero-order chi connectivity index (χ0) is 10.8. The van der Waals surface area contributed by atoms with Gasteiger partial charge in [-0.2, -0.15) is 0 Å². The van der Waals surface area contributed by atoms with Crippen LogP contribution in [0.4, 0.5) is 5.69 Å². The van der Waals surface area contributed by atoms with Crippen LogP contribution in [0.2, 0.25) is 0 Å². The van der Waals surface area contributed by atoms with Crippen molar-refractivity contribution in [3.63, 3.8) is 0 Å². The van der Waals surface area contributed by atoms with E-state index >= 15 is 0 Å². The van der Waals surface area contributed by atoms with Crippen LogP contribution in [0.25, 0.3) is 0 Å². The van der Waals surface area contributed by atoms with Crippen LogP contribution >= 0.6 is 22.6 Å². The van der Waals surface area contributed by atoms with Crippen molar-refractivity contribution in [1.82, 2.24) is 5.01 Å². The molecule has 0 saturated heterocycles. The molecule has 1 heterocycles. The number of hydrogen-bond donors (Lipinski definition) is 0. The van der Waals surface area contributed by atoms with Gasteiger partial charge in [-0.3, -0.25) is 5.01 Å². The predicted octanol–water partition coefficient (Wildman–Crippen LogP) is 3.36. The molecular weight excluding hydrogens is 299 g/mol. The van der Waals surface area contributed by atoms with Gasteiger partial charge in [-0.05, 0) is 24.6 Å². The quantitative estimate of drug-likeness (QED) is 0.610. The number of rotatable bonds is 2. The third-order valence-corrected chi connectivity index (χ3v) is 3.32. The molecule has 0 unspecified atom stereocenters. The zero-order valence-corrected chi connectivity index (χ0v) is 11.2. The average Bonchev–Trinajstić information content (AvgIpc) is 2.65. The molecule has 0 amide bonds. The normalized spacial score (nSPS) is 18.5. The van der Waals surface area contributed by atoms with Crippen LogP contribution in [0.5, 0.6) is 0 Å². The molecule has 0 aliphatic carbocycles. The van der Waals surface area contributed by atoms with Gasteiger partial charge in [0.05, 0.1) is 5.69 Å². The number of benzene rings is 1. The smallest absolute Gasteiger partial charge is 0.0573 e. The second kappa shape index (κ2) is 4.53. The fraction of sp³-hybridized carbons (Fsp3) is 0.333. The Labute approximate surface area is 105 Å². The molecule has 1 aromatic carbocycles. The van der Waals surface area contributed by atoms with Gasteiger partial charge in [0, 0.05) is 23.7 Å². The first-order valence-electron chi connectivity index (χ1n) is 5.09. The van der Waals surface area contributed by atoms with E-state index in [0.717, 1.165) is 6.54 Å². The minimum atomic E-state index is 0.573. The van der Waals surface area contributed by atoms with Gasteiger partial charge in [-0.25, -0.2) is 5.01 Å². The van der Waals surface area contributed by atoms with Crippen molar-refractivity contribution in [3.05, 3.63) is 42.1 Å². The minimum Gasteiger partial charge on any atom is -0.282 e. The molecule has 1 aromatic rings. The summed E-state index contributed by atoms with van der Waals surface area (Å²) in [4.78, 5) is 0. The molecule has 0 N–H and O–H groups in total. The number of alkyl halides is 1. The average molecular weight is 314 g/mol. The molecule has 0 spiro atoms. The summed E-state index contributed by atoms with van der Waals surface area (Å²) in [5.74, 6) is 0. The van der Waals surface area contributed by atoms with Crippen LogP contribution in [0.1, 0.15) is 16.4 Å². The van der Waals surface area contributed by atoms with Gasteiger partial charge in [-0.15, -0.1) is 0 Å². The third kappa shape index (κ3) is 2.34. The summed E-state index contributed by atoms with van der Waals surface area (Å²) in [6.07, 6.45) is 4.28. The Bertz CT molecular complexity index is 356. The van der Waals surface area contributed by atoms with Gasteiger partial charge in [0.25, 0.3) is 0 Å². The lowest BCUT2D eigenvalue weighted by atomic mass is 10.1. The van der Waals surface area contributed by atoms with Gasteiger partial charge < -0.3 is 0 Å². The van der Waals surface area contributed by atoms with Gasteiger partial charge in [0.15, 0.2) is 0 Å². The summed E-state index contributed by atoms with van der Waals surface area (Å²) in [6.45, 7) is 3.20. The van der Waals surface area contributed by atoms with Crippen molar-refractivity contribution >= 4 is 28.3 Å². The Balaban J connectivity index is 2.20. The Hall–Kier alpha value is -0.550. The summed E-state index contributed by atoms with van der Waals surface area (Å²) in [7, 11) is 2.09. The van der Waals surface area contributed by atoms with Crippen molar-refractivity contribution in [2.75, 3.05) is 18.6 Å². The van der Waals surface area contributed by atoms with Crippen molar-refractivity contribution < 1.29 is 0 Å². The van der Waals surface area contributed by atoms with Crippen LogP contribution in [-0.2, 0) is 0 Å². The Morgan fingerprint density at radius 3 is 2.40 bits per heavy atom. The van der Waals surface area contributed by atoms with E-state index in [4.69, 9.17) is 0 Å². The maximum atomic E-state index is 2.43. The molecule has 3 heteroatoms. The summed E-state index contributed by atoms with van der Waals surface area (Å²) >= 11 is 2.43. The Morgan fingerprint density at radius 2 is 1.93 bits per heavy atom. The maximum Gasteiger partial charge on any atom is 0.0573 e. The van der Waals surface area contributed by atoms with Gasteiger partial charge >= 0.3 is 0 Å². The number of hydrogen-bond acceptors (Lipinski definition) is 2. The topological polar surface area (TPSA) is 6.48 Å². The van der Waals surface area contributed by atoms with Crippen molar-refractivity contribution in [2.24, 2.45) is 0 Å². The standard InChI is InChI=1S/C12H15IN2/c1-10(13)11-4-6-12(7-5-11)15-9-3-8-14(15)2/h3-7,9-10H,8H2,1-2H3/t10-/m1/s1. The lowest BCUT2D eigenvalue weighted by Crippen LogP contribution is -2.30. The van der Waals surface area contributed by atoms with E-state index in [1.165, 1.54) is 11.3 Å². The zero-order valence-electron chi connectivity index (χ0n) is 9.02. The van der Waals surface area contributed by atoms with Crippen LogP contribution < -0.4 is 5.01 Å². The molecule has 1 aliphatic rings. The molecule has 2 nitrogen and oxygen atoms in total. The molecule has 0 bridgehead atoms. The lowest BCUT2D eigenvalue weighted by Gasteiger charge is -2.25. The van der Waals surface area contributed by atoms with E-state index in [2.05, 4.69) is 83.1 Å². The second-order valence-electron chi connectivity index (χ2n) is 3.78. The molecule has 2 rings (SSSR count). The highest BCUT2D eigenvalue weighted by atomic mass is 127. The van der Waals surface area contributed by atoms with E-state index in [0.29, 0.717) is 3.92 Å².